The molecule has 0 atom stereocenters. The average molecular weight is 381 g/mol. The second kappa shape index (κ2) is 9.10. The number of nitrogens with zero attached hydrogens (tertiary/aromatic N) is 1. The first-order valence-electron chi connectivity index (χ1n) is 8.55. The zero-order chi connectivity index (χ0) is 19.1. The van der Waals surface area contributed by atoms with E-state index in [1.54, 1.807) is 13.3 Å². The second-order valence-electron chi connectivity index (χ2n) is 6.06. The summed E-state index contributed by atoms with van der Waals surface area (Å²) in [5, 5.41) is 4.92. The summed E-state index contributed by atoms with van der Waals surface area (Å²) in [6.45, 7) is 2.55. The third kappa shape index (κ3) is 5.50. The van der Waals surface area contributed by atoms with Crippen LogP contribution in [0.2, 0.25) is 5.02 Å². The van der Waals surface area contributed by atoms with Gasteiger partial charge in [0.1, 0.15) is 6.61 Å². The van der Waals surface area contributed by atoms with Crippen molar-refractivity contribution in [1.82, 2.24) is 0 Å². The van der Waals surface area contributed by atoms with Crippen molar-refractivity contribution < 1.29 is 9.47 Å². The normalized spacial score (nSPS) is 10.8. The zero-order valence-corrected chi connectivity index (χ0v) is 16.0. The van der Waals surface area contributed by atoms with Crippen molar-refractivity contribution in [3.8, 4) is 11.5 Å². The van der Waals surface area contributed by atoms with Crippen molar-refractivity contribution in [1.29, 1.82) is 0 Å². The summed E-state index contributed by atoms with van der Waals surface area (Å²) < 4.78 is 11.3. The Labute approximate surface area is 164 Å². The minimum absolute atomic E-state index is 0.488. The van der Waals surface area contributed by atoms with Gasteiger partial charge >= 0.3 is 0 Å². The highest BCUT2D eigenvalue weighted by atomic mass is 35.5. The molecule has 0 aromatic heterocycles. The predicted molar refractivity (Wildman–Crippen MR) is 111 cm³/mol. The van der Waals surface area contributed by atoms with Crippen LogP contribution in [0.4, 0.5) is 5.69 Å². The van der Waals surface area contributed by atoms with Crippen LogP contribution in [-0.2, 0) is 6.61 Å². The van der Waals surface area contributed by atoms with Crippen molar-refractivity contribution in [3.63, 3.8) is 0 Å². The molecule has 138 valence electrons. The number of halogens is 1. The lowest BCUT2D eigenvalue weighted by Gasteiger charge is -2.11. The minimum Gasteiger partial charge on any atom is -0.493 e. The molecule has 0 saturated heterocycles. The largest absolute Gasteiger partial charge is 0.493 e. The maximum atomic E-state index is 5.90. The summed E-state index contributed by atoms with van der Waals surface area (Å²) >= 11 is 5.87. The number of hydrazone groups is 1. The molecule has 3 aromatic carbocycles. The van der Waals surface area contributed by atoms with Crippen LogP contribution in [0.3, 0.4) is 0 Å². The smallest absolute Gasteiger partial charge is 0.161 e. The summed E-state index contributed by atoms with van der Waals surface area (Å²) in [7, 11) is 1.63. The van der Waals surface area contributed by atoms with Crippen LogP contribution >= 0.6 is 11.6 Å². The van der Waals surface area contributed by atoms with Gasteiger partial charge in [-0.05, 0) is 60.5 Å². The monoisotopic (exact) mass is 380 g/mol. The van der Waals surface area contributed by atoms with Crippen LogP contribution in [0, 0.1) is 6.92 Å². The molecular weight excluding hydrogens is 360 g/mol. The highest BCUT2D eigenvalue weighted by Gasteiger charge is 2.05. The predicted octanol–water partition coefficient (Wildman–Crippen LogP) is 5.68. The standard InChI is InChI=1S/C22H21ClN2O2/c1-16-3-5-17(6-4-16)15-27-21-12-7-18(13-22(21)26-2)14-24-25-20-10-8-19(23)9-11-20/h3-14,25H,15H2,1-2H3/b24-14+. The Kier molecular flexibility index (Phi) is 6.34. The van der Waals surface area contributed by atoms with E-state index in [0.717, 1.165) is 16.8 Å². The molecule has 0 spiro atoms. The van der Waals surface area contributed by atoms with E-state index < -0.39 is 0 Å². The van der Waals surface area contributed by atoms with Crippen LogP contribution in [0.15, 0.2) is 71.8 Å². The number of methoxy groups -OCH3 is 1. The minimum atomic E-state index is 0.488. The molecule has 0 saturated carbocycles. The SMILES string of the molecule is COc1cc(/C=N/Nc2ccc(Cl)cc2)ccc1OCc1ccc(C)cc1. The van der Waals surface area contributed by atoms with Crippen molar-refractivity contribution in [3.05, 3.63) is 88.4 Å². The third-order valence-corrected chi connectivity index (χ3v) is 4.21. The van der Waals surface area contributed by atoms with Gasteiger partial charge in [0.15, 0.2) is 11.5 Å². The van der Waals surface area contributed by atoms with E-state index in [4.69, 9.17) is 21.1 Å². The van der Waals surface area contributed by atoms with E-state index >= 15 is 0 Å². The van der Waals surface area contributed by atoms with Crippen molar-refractivity contribution in [2.45, 2.75) is 13.5 Å². The Morgan fingerprint density at radius 3 is 2.41 bits per heavy atom. The molecule has 0 aliphatic heterocycles. The maximum absolute atomic E-state index is 5.90. The fourth-order valence-electron chi connectivity index (χ4n) is 2.43. The first-order valence-corrected chi connectivity index (χ1v) is 8.93. The average Bonchev–Trinajstić information content (AvgIpc) is 2.69. The highest BCUT2D eigenvalue weighted by Crippen LogP contribution is 2.28. The first-order chi connectivity index (χ1) is 13.1. The topological polar surface area (TPSA) is 42.8 Å². The third-order valence-electron chi connectivity index (χ3n) is 3.95. The Bertz CT molecular complexity index is 907. The number of hydrogen-bond acceptors (Lipinski definition) is 4. The Morgan fingerprint density at radius 2 is 1.70 bits per heavy atom. The Balaban J connectivity index is 1.63. The van der Waals surface area contributed by atoms with Gasteiger partial charge in [-0.2, -0.15) is 5.10 Å². The molecule has 3 rings (SSSR count). The van der Waals surface area contributed by atoms with Crippen molar-refractivity contribution in [2.24, 2.45) is 5.10 Å². The van der Waals surface area contributed by atoms with Crippen LogP contribution < -0.4 is 14.9 Å². The number of hydrogen-bond donors (Lipinski definition) is 1. The molecule has 0 bridgehead atoms. The van der Waals surface area contributed by atoms with E-state index in [2.05, 4.69) is 41.7 Å². The molecule has 0 aliphatic carbocycles. The van der Waals surface area contributed by atoms with E-state index in [0.29, 0.717) is 23.1 Å². The fourth-order valence-corrected chi connectivity index (χ4v) is 2.56. The Morgan fingerprint density at radius 1 is 0.963 bits per heavy atom. The van der Waals surface area contributed by atoms with Gasteiger partial charge in [0.25, 0.3) is 0 Å². The summed E-state index contributed by atoms with van der Waals surface area (Å²) in [6.07, 6.45) is 1.72. The summed E-state index contributed by atoms with van der Waals surface area (Å²) in [5.74, 6) is 1.36. The van der Waals surface area contributed by atoms with Gasteiger partial charge in [0.2, 0.25) is 0 Å². The lowest BCUT2D eigenvalue weighted by atomic mass is 10.2. The molecule has 3 aromatic rings. The van der Waals surface area contributed by atoms with Gasteiger partial charge < -0.3 is 9.47 Å². The van der Waals surface area contributed by atoms with Crippen molar-refractivity contribution >= 4 is 23.5 Å². The number of ether oxygens (including phenoxy) is 2. The summed E-state index contributed by atoms with van der Waals surface area (Å²) in [4.78, 5) is 0. The van der Waals surface area contributed by atoms with E-state index in [9.17, 15) is 0 Å². The second-order valence-corrected chi connectivity index (χ2v) is 6.50. The number of rotatable bonds is 7. The van der Waals surface area contributed by atoms with Gasteiger partial charge in [0.05, 0.1) is 19.0 Å². The molecule has 0 fully saturated rings. The molecule has 4 nitrogen and oxygen atoms in total. The van der Waals surface area contributed by atoms with Crippen LogP contribution in [0.1, 0.15) is 16.7 Å². The highest BCUT2D eigenvalue weighted by molar-refractivity contribution is 6.30. The lowest BCUT2D eigenvalue weighted by molar-refractivity contribution is 0.284. The van der Waals surface area contributed by atoms with Crippen LogP contribution in [0.25, 0.3) is 0 Å². The number of nitrogens with one attached hydrogen (secondary N) is 1. The molecular formula is C22H21ClN2O2. The number of benzene rings is 3. The quantitative estimate of drug-likeness (QED) is 0.423. The Hall–Kier alpha value is -2.98. The van der Waals surface area contributed by atoms with Gasteiger partial charge in [-0.1, -0.05) is 41.4 Å². The van der Waals surface area contributed by atoms with Gasteiger partial charge in [-0.25, -0.2) is 0 Å². The van der Waals surface area contributed by atoms with E-state index in [-0.39, 0.29) is 0 Å². The molecule has 0 radical (unpaired) electrons. The van der Waals surface area contributed by atoms with E-state index in [1.807, 2.05) is 42.5 Å². The van der Waals surface area contributed by atoms with Gasteiger partial charge in [0, 0.05) is 5.02 Å². The molecule has 0 heterocycles. The molecule has 0 amide bonds. The lowest BCUT2D eigenvalue weighted by Crippen LogP contribution is -1.99. The fraction of sp³-hybridized carbons (Fsp3) is 0.136. The maximum Gasteiger partial charge on any atom is 0.161 e. The van der Waals surface area contributed by atoms with Gasteiger partial charge in [-0.3, -0.25) is 5.43 Å². The molecule has 27 heavy (non-hydrogen) atoms. The van der Waals surface area contributed by atoms with E-state index in [1.165, 1.54) is 5.56 Å². The zero-order valence-electron chi connectivity index (χ0n) is 15.3. The molecule has 0 aliphatic rings. The molecule has 0 unspecified atom stereocenters. The summed E-state index contributed by atoms with van der Waals surface area (Å²) in [6, 6.07) is 21.3. The van der Waals surface area contributed by atoms with Crippen LogP contribution in [-0.4, -0.2) is 13.3 Å². The number of aryl methyl sites for hydroxylation is 1. The van der Waals surface area contributed by atoms with Crippen LogP contribution in [0.5, 0.6) is 11.5 Å². The summed E-state index contributed by atoms with van der Waals surface area (Å²) in [5.41, 5.74) is 7.06. The number of anilines is 1. The first kappa shape index (κ1) is 18.8. The van der Waals surface area contributed by atoms with Crippen molar-refractivity contribution in [2.75, 3.05) is 12.5 Å². The molecule has 5 heteroatoms. The molecule has 1 N–H and O–H groups in total. The van der Waals surface area contributed by atoms with Gasteiger partial charge in [-0.15, -0.1) is 0 Å².